The molecule has 2 aliphatic heterocycles. The Morgan fingerprint density at radius 3 is 2.70 bits per heavy atom. The Morgan fingerprint density at radius 1 is 0.967 bits per heavy atom. The average Bonchev–Trinajstić information content (AvgIpc) is 2.79. The maximum absolute atomic E-state index is 4.72. The third-order valence-electron chi connectivity index (χ3n) is 6.23. The summed E-state index contributed by atoms with van der Waals surface area (Å²) in [7, 11) is 2.15. The molecule has 3 aromatic carbocycles. The van der Waals surface area contributed by atoms with Crippen LogP contribution in [-0.2, 0) is 6.42 Å². The van der Waals surface area contributed by atoms with Crippen LogP contribution in [0, 0.1) is 5.92 Å². The molecule has 1 N–H and O–H groups in total. The predicted octanol–water partition coefficient (Wildman–Crippen LogP) is 5.56. The van der Waals surface area contributed by atoms with E-state index >= 15 is 0 Å². The Balaban J connectivity index is 1.48. The first-order chi connectivity index (χ1) is 14.8. The molecule has 30 heavy (non-hydrogen) atoms. The highest BCUT2D eigenvalue weighted by Crippen LogP contribution is 2.48. The Morgan fingerprint density at radius 2 is 1.80 bits per heavy atom. The van der Waals surface area contributed by atoms with E-state index in [1.807, 2.05) is 6.07 Å². The van der Waals surface area contributed by atoms with Gasteiger partial charge in [0, 0.05) is 41.0 Å². The molecule has 0 fully saturated rings. The summed E-state index contributed by atoms with van der Waals surface area (Å²) >= 11 is 1.73. The molecular formula is C25H22N4S. The largest absolute Gasteiger partial charge is 0.377 e. The lowest BCUT2D eigenvalue weighted by Crippen LogP contribution is -2.42. The van der Waals surface area contributed by atoms with Crippen LogP contribution in [0.2, 0.25) is 0 Å². The standard InChI is InChI=1S/C25H22N4S/c1-29-14-18-13-17-12-11-16-7-5-6-10-20(16)22(17)28-23(18)21-24(29)26-15-27-25(21)30-19-8-3-2-4-9-19/h2-12,15,18,23,28H,13-14H2,1H3/t18-,23-/m1/s1. The molecule has 2 aliphatic rings. The normalized spacial score (nSPS) is 19.6. The van der Waals surface area contributed by atoms with Crippen molar-refractivity contribution in [1.29, 1.82) is 0 Å². The van der Waals surface area contributed by atoms with E-state index in [2.05, 4.69) is 82.9 Å². The second kappa shape index (κ2) is 7.03. The first-order valence-electron chi connectivity index (χ1n) is 10.3. The van der Waals surface area contributed by atoms with Crippen LogP contribution in [0.25, 0.3) is 10.8 Å². The lowest BCUT2D eigenvalue weighted by atomic mass is 9.80. The van der Waals surface area contributed by atoms with Crippen molar-refractivity contribution >= 4 is 34.0 Å². The van der Waals surface area contributed by atoms with Crippen molar-refractivity contribution < 1.29 is 0 Å². The second-order valence-electron chi connectivity index (χ2n) is 8.12. The van der Waals surface area contributed by atoms with Crippen molar-refractivity contribution in [2.75, 3.05) is 23.8 Å². The lowest BCUT2D eigenvalue weighted by Gasteiger charge is -2.43. The van der Waals surface area contributed by atoms with Crippen LogP contribution in [0.15, 0.2) is 83.0 Å². The first kappa shape index (κ1) is 17.8. The van der Waals surface area contributed by atoms with Gasteiger partial charge in [0.2, 0.25) is 0 Å². The Hall–Kier alpha value is -3.05. The SMILES string of the molecule is CN1C[C@H]2Cc3ccc4ccccc4c3N[C@H]2c2c(Sc3ccccc3)ncnc21. The molecule has 5 heteroatoms. The zero-order valence-corrected chi connectivity index (χ0v) is 17.6. The van der Waals surface area contributed by atoms with Gasteiger partial charge in [0.15, 0.2) is 0 Å². The minimum atomic E-state index is 0.210. The fourth-order valence-corrected chi connectivity index (χ4v) is 5.82. The van der Waals surface area contributed by atoms with Gasteiger partial charge in [-0.25, -0.2) is 9.97 Å². The number of hydrogen-bond acceptors (Lipinski definition) is 5. The monoisotopic (exact) mass is 410 g/mol. The molecular weight excluding hydrogens is 388 g/mol. The van der Waals surface area contributed by atoms with E-state index in [9.17, 15) is 0 Å². The predicted molar refractivity (Wildman–Crippen MR) is 123 cm³/mol. The number of nitrogens with zero attached hydrogens (tertiary/aromatic N) is 3. The molecule has 0 bridgehead atoms. The molecule has 0 unspecified atom stereocenters. The highest BCUT2D eigenvalue weighted by atomic mass is 32.2. The molecule has 4 aromatic rings. The molecule has 6 rings (SSSR count). The Labute approximate surface area is 180 Å². The van der Waals surface area contributed by atoms with Gasteiger partial charge in [0.25, 0.3) is 0 Å². The maximum Gasteiger partial charge on any atom is 0.138 e. The molecule has 2 atom stereocenters. The molecule has 0 amide bonds. The van der Waals surface area contributed by atoms with Gasteiger partial charge >= 0.3 is 0 Å². The number of rotatable bonds is 2. The van der Waals surface area contributed by atoms with Gasteiger partial charge in [-0.2, -0.15) is 0 Å². The number of nitrogens with one attached hydrogen (secondary N) is 1. The number of benzene rings is 3. The van der Waals surface area contributed by atoms with Crippen LogP contribution in [0.1, 0.15) is 17.2 Å². The minimum Gasteiger partial charge on any atom is -0.377 e. The van der Waals surface area contributed by atoms with Gasteiger partial charge in [-0.1, -0.05) is 66.4 Å². The van der Waals surface area contributed by atoms with Crippen LogP contribution >= 0.6 is 11.8 Å². The molecule has 4 nitrogen and oxygen atoms in total. The molecule has 148 valence electrons. The van der Waals surface area contributed by atoms with Crippen molar-refractivity contribution in [3.63, 3.8) is 0 Å². The van der Waals surface area contributed by atoms with Crippen LogP contribution in [0.5, 0.6) is 0 Å². The fourth-order valence-electron chi connectivity index (χ4n) is 4.88. The average molecular weight is 411 g/mol. The van der Waals surface area contributed by atoms with Crippen LogP contribution in [-0.4, -0.2) is 23.6 Å². The highest BCUT2D eigenvalue weighted by Gasteiger charge is 2.39. The van der Waals surface area contributed by atoms with E-state index in [-0.39, 0.29) is 6.04 Å². The van der Waals surface area contributed by atoms with Crippen LogP contribution in [0.3, 0.4) is 0 Å². The summed E-state index contributed by atoms with van der Waals surface area (Å²) in [4.78, 5) is 12.9. The topological polar surface area (TPSA) is 41.0 Å². The number of hydrogen-bond donors (Lipinski definition) is 1. The molecule has 0 saturated carbocycles. The van der Waals surface area contributed by atoms with E-state index in [4.69, 9.17) is 4.98 Å². The second-order valence-corrected chi connectivity index (χ2v) is 9.18. The number of fused-ring (bicyclic) bond motifs is 6. The third-order valence-corrected chi connectivity index (χ3v) is 7.26. The summed E-state index contributed by atoms with van der Waals surface area (Å²) in [6, 6.07) is 23.9. The van der Waals surface area contributed by atoms with Gasteiger partial charge in [0.1, 0.15) is 17.2 Å². The lowest BCUT2D eigenvalue weighted by molar-refractivity contribution is 0.413. The summed E-state index contributed by atoms with van der Waals surface area (Å²) in [5.41, 5.74) is 3.90. The van der Waals surface area contributed by atoms with Gasteiger partial charge in [-0.05, 0) is 29.5 Å². The molecule has 3 heterocycles. The van der Waals surface area contributed by atoms with Crippen LogP contribution < -0.4 is 10.2 Å². The van der Waals surface area contributed by atoms with E-state index in [1.165, 1.54) is 32.5 Å². The fraction of sp³-hybridized carbons (Fsp3) is 0.200. The van der Waals surface area contributed by atoms with Gasteiger partial charge < -0.3 is 10.2 Å². The van der Waals surface area contributed by atoms with Crippen molar-refractivity contribution in [2.45, 2.75) is 22.4 Å². The van der Waals surface area contributed by atoms with E-state index in [0.717, 1.165) is 23.8 Å². The molecule has 0 spiro atoms. The van der Waals surface area contributed by atoms with Gasteiger partial charge in [-0.15, -0.1) is 0 Å². The quantitative estimate of drug-likeness (QED) is 0.438. The van der Waals surface area contributed by atoms with Gasteiger partial charge in [-0.3, -0.25) is 0 Å². The summed E-state index contributed by atoms with van der Waals surface area (Å²) in [6.07, 6.45) is 2.76. The zero-order chi connectivity index (χ0) is 20.1. The molecule has 0 saturated heterocycles. The van der Waals surface area contributed by atoms with Crippen molar-refractivity contribution in [3.05, 3.63) is 84.2 Å². The summed E-state index contributed by atoms with van der Waals surface area (Å²) in [6.45, 7) is 0.989. The molecule has 0 aliphatic carbocycles. The van der Waals surface area contributed by atoms with E-state index < -0.39 is 0 Å². The highest BCUT2D eigenvalue weighted by molar-refractivity contribution is 7.99. The summed E-state index contributed by atoms with van der Waals surface area (Å²) in [5, 5.41) is 7.54. The maximum atomic E-state index is 4.72. The zero-order valence-electron chi connectivity index (χ0n) is 16.7. The first-order valence-corrected chi connectivity index (χ1v) is 11.2. The van der Waals surface area contributed by atoms with Crippen molar-refractivity contribution in [2.24, 2.45) is 5.92 Å². The number of anilines is 2. The van der Waals surface area contributed by atoms with Crippen LogP contribution in [0.4, 0.5) is 11.5 Å². The smallest absolute Gasteiger partial charge is 0.138 e. The minimum absolute atomic E-state index is 0.210. The third kappa shape index (κ3) is 2.84. The molecule has 1 aromatic heterocycles. The summed E-state index contributed by atoms with van der Waals surface area (Å²) in [5.74, 6) is 1.53. The Kier molecular flexibility index (Phi) is 4.16. The molecule has 0 radical (unpaired) electrons. The van der Waals surface area contributed by atoms with Crippen molar-refractivity contribution in [3.8, 4) is 0 Å². The summed E-state index contributed by atoms with van der Waals surface area (Å²) < 4.78 is 0. The van der Waals surface area contributed by atoms with Gasteiger partial charge in [0.05, 0.1) is 6.04 Å². The van der Waals surface area contributed by atoms with E-state index in [0.29, 0.717) is 5.92 Å². The van der Waals surface area contributed by atoms with E-state index in [1.54, 1.807) is 18.1 Å². The van der Waals surface area contributed by atoms with Crippen molar-refractivity contribution in [1.82, 2.24) is 9.97 Å². The Bertz CT molecular complexity index is 1240. The number of aromatic nitrogens is 2.